The molecule has 1 N–H and O–H groups in total. The van der Waals surface area contributed by atoms with Crippen molar-refractivity contribution in [1.82, 2.24) is 34.1 Å². The minimum atomic E-state index is -4.99. The number of Topliss-reactive ketones (excluding diaryl/α,β-unsaturated/α-hetero) is 1. The normalized spacial score (nSPS) is 17.8. The fourth-order valence-corrected chi connectivity index (χ4v) is 4.53. The van der Waals surface area contributed by atoms with Gasteiger partial charge in [-0.05, 0) is 42.8 Å². The van der Waals surface area contributed by atoms with E-state index in [1.165, 1.54) is 53.6 Å². The van der Waals surface area contributed by atoms with Gasteiger partial charge in [0.2, 0.25) is 0 Å². The topological polar surface area (TPSA) is 121 Å². The molecule has 5 rings (SSSR count). The fraction of sp³-hybridized carbons (Fsp3) is 0.360. The molecule has 1 aliphatic carbocycles. The Bertz CT molecular complexity index is 1660. The second-order valence-electron chi connectivity index (χ2n) is 9.65. The summed E-state index contributed by atoms with van der Waals surface area (Å²) >= 11 is 5.89. The van der Waals surface area contributed by atoms with Gasteiger partial charge in [-0.1, -0.05) is 11.6 Å². The maximum atomic E-state index is 13.1. The summed E-state index contributed by atoms with van der Waals surface area (Å²) in [6.45, 7) is -1.50. The summed E-state index contributed by atoms with van der Waals surface area (Å²) < 4.78 is 80.7. The number of ketones is 1. The summed E-state index contributed by atoms with van der Waals surface area (Å²) in [5.74, 6) is -3.56. The second kappa shape index (κ2) is 11.0. The van der Waals surface area contributed by atoms with E-state index in [2.05, 4.69) is 20.2 Å². The maximum absolute atomic E-state index is 13.1. The van der Waals surface area contributed by atoms with Crippen LogP contribution in [0.15, 0.2) is 53.7 Å². The molecule has 10 nitrogen and oxygen atoms in total. The van der Waals surface area contributed by atoms with E-state index in [1.54, 1.807) is 0 Å². The monoisotopic (exact) mass is 615 g/mol. The van der Waals surface area contributed by atoms with Gasteiger partial charge in [-0.25, -0.2) is 19.1 Å². The highest BCUT2D eigenvalue weighted by atomic mass is 35.5. The average molecular weight is 616 g/mol. The number of benzene rings is 1. The van der Waals surface area contributed by atoms with Crippen molar-refractivity contribution < 1.29 is 36.2 Å². The van der Waals surface area contributed by atoms with Crippen LogP contribution >= 0.6 is 11.6 Å². The Morgan fingerprint density at radius 2 is 1.79 bits per heavy atom. The highest BCUT2D eigenvalue weighted by Crippen LogP contribution is 2.50. The van der Waals surface area contributed by atoms with E-state index >= 15 is 0 Å². The summed E-state index contributed by atoms with van der Waals surface area (Å²) in [6.07, 6.45) is -10.3. The van der Waals surface area contributed by atoms with Gasteiger partial charge in [-0.3, -0.25) is 14.3 Å². The third kappa shape index (κ3) is 6.23. The number of aliphatic hydroxyl groups is 1. The molecule has 3 heterocycles. The number of pyridine rings is 1. The minimum Gasteiger partial charge on any atom is -0.382 e. The Hall–Kier alpha value is -4.05. The maximum Gasteiger partial charge on any atom is 0.416 e. The molecule has 0 unspecified atom stereocenters. The highest BCUT2D eigenvalue weighted by Gasteiger charge is 2.58. The summed E-state index contributed by atoms with van der Waals surface area (Å²) in [7, 11) is 0. The molecule has 0 amide bonds. The lowest BCUT2D eigenvalue weighted by atomic mass is 10.1. The number of hydrogen-bond donors (Lipinski definition) is 1. The number of rotatable bonds is 9. The molecule has 0 bridgehead atoms. The Balaban J connectivity index is 1.40. The zero-order valence-corrected chi connectivity index (χ0v) is 22.0. The molecule has 1 aliphatic rings. The van der Waals surface area contributed by atoms with Crippen LogP contribution in [-0.2, 0) is 24.3 Å². The first-order valence-corrected chi connectivity index (χ1v) is 12.7. The molecule has 0 radical (unpaired) electrons. The van der Waals surface area contributed by atoms with Gasteiger partial charge in [0, 0.05) is 22.7 Å². The molecule has 17 heteroatoms. The smallest absolute Gasteiger partial charge is 0.382 e. The Labute approximate surface area is 237 Å². The Kier molecular flexibility index (Phi) is 7.70. The minimum absolute atomic E-state index is 0.00114. The van der Waals surface area contributed by atoms with E-state index in [-0.39, 0.29) is 48.0 Å². The van der Waals surface area contributed by atoms with Gasteiger partial charge in [-0.15, -0.1) is 10.2 Å². The number of hydrogen-bond acceptors (Lipinski definition) is 7. The van der Waals surface area contributed by atoms with Gasteiger partial charge in [0.1, 0.15) is 18.7 Å². The van der Waals surface area contributed by atoms with Crippen LogP contribution in [0.25, 0.3) is 17.1 Å². The molecular weight excluding hydrogens is 596 g/mol. The van der Waals surface area contributed by atoms with Crippen LogP contribution in [0.4, 0.5) is 26.3 Å². The lowest BCUT2D eigenvalue weighted by Gasteiger charge is -2.15. The Morgan fingerprint density at radius 1 is 1.07 bits per heavy atom. The van der Waals surface area contributed by atoms with Crippen LogP contribution < -0.4 is 5.69 Å². The van der Waals surface area contributed by atoms with Gasteiger partial charge in [0.15, 0.2) is 17.8 Å². The van der Waals surface area contributed by atoms with Gasteiger partial charge in [0.25, 0.3) is 0 Å². The number of halogens is 7. The molecule has 1 fully saturated rings. The SMILES string of the molecule is O=C(Cc1ncccc1-n1cnc(Cn2nc(-c3ccc(Cl)cc3)n(C[C@H](O)C(F)(F)F)c2=O)n1)[C@@H]1C[C@@H]1C(F)(F)F. The zero-order valence-electron chi connectivity index (χ0n) is 21.2. The summed E-state index contributed by atoms with van der Waals surface area (Å²) in [5.41, 5.74) is -0.284. The number of alkyl halides is 6. The van der Waals surface area contributed by atoms with E-state index in [9.17, 15) is 41.0 Å². The summed E-state index contributed by atoms with van der Waals surface area (Å²) in [6, 6.07) is 8.86. The number of carbonyl (C=O) groups is 1. The van der Waals surface area contributed by atoms with Crippen LogP contribution in [-0.4, -0.2) is 63.4 Å². The number of carbonyl (C=O) groups excluding carboxylic acids is 1. The van der Waals surface area contributed by atoms with Crippen LogP contribution in [0.2, 0.25) is 5.02 Å². The van der Waals surface area contributed by atoms with Crippen LogP contribution in [0.3, 0.4) is 0 Å². The standard InChI is InChI=1S/C25H20ClF6N7O3/c26-14-5-3-13(4-6-14)22-36-38(23(42)37(22)10-20(41)25(30,31)32)11-21-34-12-39(35-21)18-2-1-7-33-17(18)9-19(40)15-8-16(15)24(27,28)29/h1-7,12,15-16,20,41H,8-11H2/t15-,16+,20+/m1/s1. The van der Waals surface area contributed by atoms with E-state index < -0.39 is 48.3 Å². The molecule has 0 saturated heterocycles. The Morgan fingerprint density at radius 3 is 2.43 bits per heavy atom. The number of aliphatic hydroxyl groups excluding tert-OH is 1. The fourth-order valence-electron chi connectivity index (χ4n) is 4.40. The van der Waals surface area contributed by atoms with Gasteiger partial charge >= 0.3 is 18.0 Å². The van der Waals surface area contributed by atoms with Gasteiger partial charge in [0.05, 0.1) is 30.3 Å². The average Bonchev–Trinajstić information content (AvgIpc) is 3.54. The molecule has 1 saturated carbocycles. The molecule has 0 aliphatic heterocycles. The predicted molar refractivity (Wildman–Crippen MR) is 134 cm³/mol. The first-order valence-electron chi connectivity index (χ1n) is 12.3. The number of nitrogens with zero attached hydrogens (tertiary/aromatic N) is 7. The van der Waals surface area contributed by atoms with Crippen LogP contribution in [0, 0.1) is 11.8 Å². The zero-order chi connectivity index (χ0) is 30.4. The third-order valence-corrected chi connectivity index (χ3v) is 6.92. The van der Waals surface area contributed by atoms with E-state index in [1.807, 2.05) is 0 Å². The van der Waals surface area contributed by atoms with Gasteiger partial charge < -0.3 is 5.11 Å². The van der Waals surface area contributed by atoms with Crippen molar-refractivity contribution in [2.24, 2.45) is 11.8 Å². The first kappa shape index (κ1) is 29.4. The highest BCUT2D eigenvalue weighted by molar-refractivity contribution is 6.30. The van der Waals surface area contributed by atoms with Crippen molar-refractivity contribution in [3.8, 4) is 17.1 Å². The second-order valence-corrected chi connectivity index (χ2v) is 10.1. The summed E-state index contributed by atoms with van der Waals surface area (Å²) in [4.78, 5) is 33.8. The van der Waals surface area contributed by atoms with Crippen molar-refractivity contribution in [3.63, 3.8) is 0 Å². The molecule has 3 aromatic heterocycles. The quantitative estimate of drug-likeness (QED) is 0.286. The molecule has 222 valence electrons. The van der Waals surface area contributed by atoms with E-state index in [0.717, 1.165) is 4.68 Å². The molecule has 1 aromatic carbocycles. The molecule has 0 spiro atoms. The van der Waals surface area contributed by atoms with Crippen molar-refractivity contribution in [3.05, 3.63) is 75.9 Å². The van der Waals surface area contributed by atoms with E-state index in [4.69, 9.17) is 11.6 Å². The van der Waals surface area contributed by atoms with Crippen molar-refractivity contribution in [2.45, 2.75) is 44.4 Å². The van der Waals surface area contributed by atoms with Crippen molar-refractivity contribution in [1.29, 1.82) is 0 Å². The van der Waals surface area contributed by atoms with Gasteiger partial charge in [-0.2, -0.15) is 26.3 Å². The van der Waals surface area contributed by atoms with E-state index in [0.29, 0.717) is 9.59 Å². The first-order chi connectivity index (χ1) is 19.7. The number of aromatic nitrogens is 7. The third-order valence-electron chi connectivity index (χ3n) is 6.67. The van der Waals surface area contributed by atoms with Crippen molar-refractivity contribution in [2.75, 3.05) is 0 Å². The summed E-state index contributed by atoms with van der Waals surface area (Å²) in [5, 5.41) is 18.4. The lowest BCUT2D eigenvalue weighted by Crippen LogP contribution is -2.37. The molecule has 4 aromatic rings. The largest absolute Gasteiger partial charge is 0.416 e. The molecular formula is C25H20ClF6N7O3. The lowest BCUT2D eigenvalue weighted by molar-refractivity contribution is -0.207. The predicted octanol–water partition coefficient (Wildman–Crippen LogP) is 3.62. The molecule has 3 atom stereocenters. The van der Waals surface area contributed by atoms with Crippen LogP contribution in [0.5, 0.6) is 0 Å². The van der Waals surface area contributed by atoms with Crippen molar-refractivity contribution >= 4 is 17.4 Å². The van der Waals surface area contributed by atoms with Crippen LogP contribution in [0.1, 0.15) is 17.9 Å². The molecule has 42 heavy (non-hydrogen) atoms.